The molecule has 17 heavy (non-hydrogen) atoms. The van der Waals surface area contributed by atoms with Gasteiger partial charge in [-0.15, -0.1) is 0 Å². The van der Waals surface area contributed by atoms with E-state index in [0.717, 1.165) is 30.8 Å². The number of anilines is 1. The molecule has 0 bridgehead atoms. The number of nitrogens with two attached hydrogens (primary N) is 1. The summed E-state index contributed by atoms with van der Waals surface area (Å²) in [5.41, 5.74) is 7.35. The third-order valence-corrected chi connectivity index (χ3v) is 2.40. The first kappa shape index (κ1) is 11.5. The van der Waals surface area contributed by atoms with Gasteiger partial charge in [0.05, 0.1) is 5.69 Å². The summed E-state index contributed by atoms with van der Waals surface area (Å²) in [6.07, 6.45) is 6.08. The van der Waals surface area contributed by atoms with E-state index in [1.807, 2.05) is 10.7 Å². The number of hydrogen-bond donors (Lipinski definition) is 1. The minimum atomic E-state index is 0.277. The van der Waals surface area contributed by atoms with E-state index >= 15 is 0 Å². The second kappa shape index (κ2) is 5.40. The summed E-state index contributed by atoms with van der Waals surface area (Å²) < 4.78 is 6.93. The van der Waals surface area contributed by atoms with Gasteiger partial charge in [-0.2, -0.15) is 5.10 Å². The lowest BCUT2D eigenvalue weighted by Gasteiger charge is -2.06. The predicted molar refractivity (Wildman–Crippen MR) is 64.2 cm³/mol. The topological polar surface area (TPSA) is 78.8 Å². The average molecular weight is 233 g/mol. The summed E-state index contributed by atoms with van der Waals surface area (Å²) >= 11 is 0. The minimum Gasteiger partial charge on any atom is -0.385 e. The Morgan fingerprint density at radius 1 is 1.35 bits per heavy atom. The first-order valence-corrected chi connectivity index (χ1v) is 5.40. The van der Waals surface area contributed by atoms with E-state index in [0.29, 0.717) is 0 Å². The second-order valence-corrected chi connectivity index (χ2v) is 3.62. The number of nitrogen functional groups attached to an aromatic ring is 1. The van der Waals surface area contributed by atoms with Crippen LogP contribution in [0.1, 0.15) is 6.42 Å². The maximum atomic E-state index is 5.46. The zero-order valence-electron chi connectivity index (χ0n) is 9.71. The Kier molecular flexibility index (Phi) is 3.66. The predicted octanol–water partition coefficient (Wildman–Crippen LogP) is 0.959. The molecule has 2 N–H and O–H groups in total. The van der Waals surface area contributed by atoms with E-state index in [1.165, 1.54) is 0 Å². The highest BCUT2D eigenvalue weighted by Gasteiger charge is 2.05. The summed E-state index contributed by atoms with van der Waals surface area (Å²) in [7, 11) is 1.69. The lowest BCUT2D eigenvalue weighted by atomic mass is 10.2. The van der Waals surface area contributed by atoms with Crippen molar-refractivity contribution in [2.75, 3.05) is 19.5 Å². The van der Waals surface area contributed by atoms with Gasteiger partial charge in [0.2, 0.25) is 5.95 Å². The average Bonchev–Trinajstić information content (AvgIpc) is 2.79. The SMILES string of the molecule is COCCCn1nccc1-c1cnc(N)nc1. The lowest BCUT2D eigenvalue weighted by molar-refractivity contribution is 0.189. The molecule has 0 atom stereocenters. The summed E-state index contributed by atoms with van der Waals surface area (Å²) in [4.78, 5) is 7.95. The van der Waals surface area contributed by atoms with Crippen LogP contribution >= 0.6 is 0 Å². The fourth-order valence-corrected chi connectivity index (χ4v) is 1.59. The van der Waals surface area contributed by atoms with Crippen LogP contribution in [0.4, 0.5) is 5.95 Å². The Labute approximate surface area is 99.4 Å². The quantitative estimate of drug-likeness (QED) is 0.778. The van der Waals surface area contributed by atoms with Crippen molar-refractivity contribution in [3.8, 4) is 11.3 Å². The Morgan fingerprint density at radius 3 is 2.82 bits per heavy atom. The molecule has 2 heterocycles. The number of methoxy groups -OCH3 is 1. The molecule has 2 aromatic heterocycles. The van der Waals surface area contributed by atoms with Gasteiger partial charge in [0.15, 0.2) is 0 Å². The van der Waals surface area contributed by atoms with E-state index in [-0.39, 0.29) is 5.95 Å². The number of rotatable bonds is 5. The van der Waals surface area contributed by atoms with Crippen LogP contribution in [0, 0.1) is 0 Å². The summed E-state index contributed by atoms with van der Waals surface area (Å²) in [6.45, 7) is 1.53. The molecule has 0 saturated heterocycles. The largest absolute Gasteiger partial charge is 0.385 e. The molecule has 0 unspecified atom stereocenters. The monoisotopic (exact) mass is 233 g/mol. The minimum absolute atomic E-state index is 0.277. The molecular formula is C11H15N5O. The van der Waals surface area contributed by atoms with Crippen LogP contribution in [0.25, 0.3) is 11.3 Å². The maximum Gasteiger partial charge on any atom is 0.219 e. The normalized spacial score (nSPS) is 10.6. The van der Waals surface area contributed by atoms with Crippen LogP contribution in [0.15, 0.2) is 24.7 Å². The highest BCUT2D eigenvalue weighted by Crippen LogP contribution is 2.17. The Morgan fingerprint density at radius 2 is 2.12 bits per heavy atom. The number of nitrogens with zero attached hydrogens (tertiary/aromatic N) is 4. The van der Waals surface area contributed by atoms with Crippen LogP contribution in [-0.4, -0.2) is 33.5 Å². The van der Waals surface area contributed by atoms with Gasteiger partial charge >= 0.3 is 0 Å². The van der Waals surface area contributed by atoms with Crippen molar-refractivity contribution in [2.45, 2.75) is 13.0 Å². The van der Waals surface area contributed by atoms with E-state index in [2.05, 4.69) is 15.1 Å². The van der Waals surface area contributed by atoms with Crippen LogP contribution < -0.4 is 5.73 Å². The summed E-state index contributed by atoms with van der Waals surface area (Å²) in [6, 6.07) is 1.93. The van der Waals surface area contributed by atoms with Gasteiger partial charge in [-0.25, -0.2) is 9.97 Å². The molecule has 0 aliphatic heterocycles. The van der Waals surface area contributed by atoms with Crippen molar-refractivity contribution < 1.29 is 4.74 Å². The molecule has 0 aliphatic carbocycles. The van der Waals surface area contributed by atoms with Crippen molar-refractivity contribution >= 4 is 5.95 Å². The van der Waals surface area contributed by atoms with Crippen LogP contribution in [0.2, 0.25) is 0 Å². The van der Waals surface area contributed by atoms with Crippen LogP contribution in [0.3, 0.4) is 0 Å². The second-order valence-electron chi connectivity index (χ2n) is 3.62. The lowest BCUT2D eigenvalue weighted by Crippen LogP contribution is -2.05. The van der Waals surface area contributed by atoms with Gasteiger partial charge in [-0.3, -0.25) is 4.68 Å². The van der Waals surface area contributed by atoms with Crippen molar-refractivity contribution in [1.29, 1.82) is 0 Å². The molecule has 0 radical (unpaired) electrons. The number of aryl methyl sites for hydroxylation is 1. The zero-order valence-corrected chi connectivity index (χ0v) is 9.71. The number of aromatic nitrogens is 4. The molecule has 2 rings (SSSR count). The van der Waals surface area contributed by atoms with Gasteiger partial charge in [0.1, 0.15) is 0 Å². The van der Waals surface area contributed by atoms with Crippen molar-refractivity contribution in [3.05, 3.63) is 24.7 Å². The van der Waals surface area contributed by atoms with Crippen LogP contribution in [-0.2, 0) is 11.3 Å². The smallest absolute Gasteiger partial charge is 0.219 e. The fourth-order valence-electron chi connectivity index (χ4n) is 1.59. The molecule has 90 valence electrons. The molecule has 0 aromatic carbocycles. The molecule has 0 amide bonds. The highest BCUT2D eigenvalue weighted by atomic mass is 16.5. The Hall–Kier alpha value is -1.95. The maximum absolute atomic E-state index is 5.46. The van der Waals surface area contributed by atoms with E-state index in [9.17, 15) is 0 Å². The van der Waals surface area contributed by atoms with Crippen molar-refractivity contribution in [2.24, 2.45) is 0 Å². The van der Waals surface area contributed by atoms with E-state index < -0.39 is 0 Å². The first-order chi connectivity index (χ1) is 8.31. The molecule has 0 fully saturated rings. The van der Waals surface area contributed by atoms with Gasteiger partial charge in [0.25, 0.3) is 0 Å². The summed E-state index contributed by atoms with van der Waals surface area (Å²) in [5.74, 6) is 0.277. The van der Waals surface area contributed by atoms with E-state index in [4.69, 9.17) is 10.5 Å². The molecular weight excluding hydrogens is 218 g/mol. The van der Waals surface area contributed by atoms with Gasteiger partial charge in [-0.1, -0.05) is 0 Å². The third-order valence-electron chi connectivity index (χ3n) is 2.40. The van der Waals surface area contributed by atoms with Gasteiger partial charge in [0, 0.05) is 44.4 Å². The third kappa shape index (κ3) is 2.79. The number of ether oxygens (including phenoxy) is 1. The molecule has 0 saturated carbocycles. The molecule has 2 aromatic rings. The van der Waals surface area contributed by atoms with Crippen molar-refractivity contribution in [3.63, 3.8) is 0 Å². The highest BCUT2D eigenvalue weighted by molar-refractivity contribution is 5.57. The zero-order chi connectivity index (χ0) is 12.1. The summed E-state index contributed by atoms with van der Waals surface area (Å²) in [5, 5.41) is 4.26. The van der Waals surface area contributed by atoms with Crippen LogP contribution in [0.5, 0.6) is 0 Å². The standard InChI is InChI=1S/C11H15N5O/c1-17-6-2-5-16-10(3-4-15-16)9-7-13-11(12)14-8-9/h3-4,7-8H,2,5-6H2,1H3,(H2,12,13,14). The Balaban J connectivity index is 2.15. The molecule has 0 aliphatic rings. The van der Waals surface area contributed by atoms with E-state index in [1.54, 1.807) is 25.7 Å². The molecule has 6 heteroatoms. The first-order valence-electron chi connectivity index (χ1n) is 5.40. The molecule has 6 nitrogen and oxygen atoms in total. The molecule has 0 spiro atoms. The fraction of sp³-hybridized carbons (Fsp3) is 0.364. The van der Waals surface area contributed by atoms with Crippen molar-refractivity contribution in [1.82, 2.24) is 19.7 Å². The van der Waals surface area contributed by atoms with Gasteiger partial charge in [-0.05, 0) is 12.5 Å². The van der Waals surface area contributed by atoms with Gasteiger partial charge < -0.3 is 10.5 Å². The Bertz CT molecular complexity index is 465. The number of hydrogen-bond acceptors (Lipinski definition) is 5.